The molecule has 0 saturated carbocycles. The van der Waals surface area contributed by atoms with Crippen LogP contribution in [0.1, 0.15) is 32.3 Å². The van der Waals surface area contributed by atoms with Gasteiger partial charge in [0.05, 0.1) is 14.2 Å². The number of nitrogens with one attached hydrogen (secondary N) is 1. The predicted molar refractivity (Wildman–Crippen MR) is 92.1 cm³/mol. The van der Waals surface area contributed by atoms with Crippen molar-refractivity contribution in [1.82, 2.24) is 5.32 Å². The van der Waals surface area contributed by atoms with Crippen LogP contribution in [0.4, 0.5) is 0 Å². The van der Waals surface area contributed by atoms with Crippen LogP contribution in [0.2, 0.25) is 0 Å². The highest BCUT2D eigenvalue weighted by atomic mass is 16.5. The second kappa shape index (κ2) is 10.3. The van der Waals surface area contributed by atoms with Crippen LogP contribution < -0.4 is 14.8 Å². The molecule has 132 valence electrons. The molecule has 24 heavy (non-hydrogen) atoms. The van der Waals surface area contributed by atoms with Crippen molar-refractivity contribution in [3.05, 3.63) is 29.8 Å². The maximum absolute atomic E-state index is 11.7. The molecule has 0 unspecified atom stereocenters. The zero-order valence-corrected chi connectivity index (χ0v) is 14.6. The van der Waals surface area contributed by atoms with Gasteiger partial charge in [0, 0.05) is 17.7 Å². The number of hydrogen-bond donors (Lipinski definition) is 1. The van der Waals surface area contributed by atoms with Gasteiger partial charge in [0.15, 0.2) is 6.61 Å². The number of ether oxygens (including phenoxy) is 3. The summed E-state index contributed by atoms with van der Waals surface area (Å²) >= 11 is 0. The zero-order valence-electron chi connectivity index (χ0n) is 14.6. The van der Waals surface area contributed by atoms with Crippen LogP contribution in [-0.4, -0.2) is 38.7 Å². The van der Waals surface area contributed by atoms with Gasteiger partial charge >= 0.3 is 5.97 Å². The fourth-order valence-electron chi connectivity index (χ4n) is 2.13. The van der Waals surface area contributed by atoms with Crippen molar-refractivity contribution in [2.24, 2.45) is 0 Å². The van der Waals surface area contributed by atoms with Gasteiger partial charge in [-0.3, -0.25) is 4.79 Å². The van der Waals surface area contributed by atoms with Gasteiger partial charge < -0.3 is 19.5 Å². The van der Waals surface area contributed by atoms with Crippen LogP contribution in [0.15, 0.2) is 24.3 Å². The molecule has 1 aromatic carbocycles. The summed E-state index contributed by atoms with van der Waals surface area (Å²) in [4.78, 5) is 23.4. The summed E-state index contributed by atoms with van der Waals surface area (Å²) in [5, 5.41) is 2.77. The Morgan fingerprint density at radius 1 is 1.25 bits per heavy atom. The molecule has 6 heteroatoms. The lowest BCUT2D eigenvalue weighted by Crippen LogP contribution is -2.35. The summed E-state index contributed by atoms with van der Waals surface area (Å²) in [7, 11) is 3.10. The number of hydrogen-bond acceptors (Lipinski definition) is 5. The molecule has 1 atom stereocenters. The molecule has 0 bridgehead atoms. The SMILES string of the molecule is CCC[C@@H](C)NC(=O)COC(=O)/C=C/c1cc(OC)ccc1OC. The van der Waals surface area contributed by atoms with Gasteiger partial charge in [-0.05, 0) is 37.6 Å². The van der Waals surface area contributed by atoms with Gasteiger partial charge in [0.2, 0.25) is 0 Å². The van der Waals surface area contributed by atoms with Crippen molar-refractivity contribution in [3.63, 3.8) is 0 Å². The molecule has 0 aliphatic rings. The van der Waals surface area contributed by atoms with E-state index < -0.39 is 5.97 Å². The molecule has 0 spiro atoms. The molecule has 0 aliphatic carbocycles. The smallest absolute Gasteiger partial charge is 0.331 e. The summed E-state index contributed by atoms with van der Waals surface area (Å²) < 4.78 is 15.3. The molecule has 1 rings (SSSR count). The van der Waals surface area contributed by atoms with Crippen molar-refractivity contribution in [1.29, 1.82) is 0 Å². The van der Waals surface area contributed by atoms with E-state index >= 15 is 0 Å². The minimum absolute atomic E-state index is 0.0674. The van der Waals surface area contributed by atoms with Gasteiger partial charge in [-0.25, -0.2) is 4.79 Å². The van der Waals surface area contributed by atoms with E-state index in [0.29, 0.717) is 17.1 Å². The summed E-state index contributed by atoms with van der Waals surface area (Å²) in [5.74, 6) is 0.342. The molecule has 0 radical (unpaired) electrons. The molecular formula is C18H25NO5. The fraction of sp³-hybridized carbons (Fsp3) is 0.444. The Morgan fingerprint density at radius 2 is 2.00 bits per heavy atom. The fourth-order valence-corrected chi connectivity index (χ4v) is 2.13. The van der Waals surface area contributed by atoms with Crippen molar-refractivity contribution >= 4 is 18.0 Å². The third-order valence-electron chi connectivity index (χ3n) is 3.31. The van der Waals surface area contributed by atoms with E-state index in [0.717, 1.165) is 12.8 Å². The van der Waals surface area contributed by atoms with Crippen molar-refractivity contribution in [2.75, 3.05) is 20.8 Å². The largest absolute Gasteiger partial charge is 0.497 e. The van der Waals surface area contributed by atoms with Crippen molar-refractivity contribution < 1.29 is 23.8 Å². The average Bonchev–Trinajstić information content (AvgIpc) is 2.57. The van der Waals surface area contributed by atoms with Gasteiger partial charge in [-0.15, -0.1) is 0 Å². The first-order valence-electron chi connectivity index (χ1n) is 7.86. The Bertz CT molecular complexity index is 583. The van der Waals surface area contributed by atoms with E-state index in [1.807, 2.05) is 13.8 Å². The highest BCUT2D eigenvalue weighted by Gasteiger charge is 2.09. The minimum Gasteiger partial charge on any atom is -0.497 e. The number of rotatable bonds is 9. The van der Waals surface area contributed by atoms with E-state index in [1.54, 1.807) is 38.5 Å². The van der Waals surface area contributed by atoms with Crippen LogP contribution in [0.5, 0.6) is 11.5 Å². The number of amides is 1. The van der Waals surface area contributed by atoms with Crippen molar-refractivity contribution in [2.45, 2.75) is 32.7 Å². The Labute approximate surface area is 142 Å². The zero-order chi connectivity index (χ0) is 17.9. The average molecular weight is 335 g/mol. The van der Waals surface area contributed by atoms with Crippen LogP contribution in [0.3, 0.4) is 0 Å². The summed E-state index contributed by atoms with van der Waals surface area (Å²) in [6, 6.07) is 5.31. The van der Waals surface area contributed by atoms with Crippen molar-refractivity contribution in [3.8, 4) is 11.5 Å². The van der Waals surface area contributed by atoms with E-state index in [4.69, 9.17) is 14.2 Å². The number of carbonyl (C=O) groups is 2. The molecule has 0 aliphatic heterocycles. The Kier molecular flexibility index (Phi) is 8.39. The van der Waals surface area contributed by atoms with Crippen LogP contribution in [0.25, 0.3) is 6.08 Å². The van der Waals surface area contributed by atoms with Gasteiger partial charge in [0.25, 0.3) is 5.91 Å². The topological polar surface area (TPSA) is 73.9 Å². The number of benzene rings is 1. The van der Waals surface area contributed by atoms with Gasteiger partial charge in [-0.2, -0.15) is 0 Å². The molecule has 0 fully saturated rings. The van der Waals surface area contributed by atoms with Gasteiger partial charge in [-0.1, -0.05) is 13.3 Å². The number of carbonyl (C=O) groups excluding carboxylic acids is 2. The second-order valence-corrected chi connectivity index (χ2v) is 5.31. The molecule has 0 aromatic heterocycles. The lowest BCUT2D eigenvalue weighted by atomic mass is 10.1. The standard InChI is InChI=1S/C18H25NO5/c1-5-6-13(2)19-17(20)12-24-18(21)10-7-14-11-15(22-3)8-9-16(14)23-4/h7-11,13H,5-6,12H2,1-4H3,(H,19,20)/b10-7+/t13-/m1/s1. The normalized spacial score (nSPS) is 11.8. The maximum atomic E-state index is 11.7. The first-order chi connectivity index (χ1) is 11.5. The maximum Gasteiger partial charge on any atom is 0.331 e. The minimum atomic E-state index is -0.599. The lowest BCUT2D eigenvalue weighted by Gasteiger charge is -2.12. The predicted octanol–water partition coefficient (Wildman–Crippen LogP) is 2.57. The second-order valence-electron chi connectivity index (χ2n) is 5.31. The quantitative estimate of drug-likeness (QED) is 0.554. The van der Waals surface area contributed by atoms with Crippen LogP contribution in [-0.2, 0) is 14.3 Å². The van der Waals surface area contributed by atoms with Crippen LogP contribution in [0, 0.1) is 0 Å². The molecule has 1 aromatic rings. The summed E-state index contributed by atoms with van der Waals surface area (Å²) in [6.07, 6.45) is 4.67. The van der Waals surface area contributed by atoms with Crippen LogP contribution >= 0.6 is 0 Å². The Balaban J connectivity index is 2.55. The monoisotopic (exact) mass is 335 g/mol. The number of methoxy groups -OCH3 is 2. The third kappa shape index (κ3) is 6.73. The van der Waals surface area contributed by atoms with E-state index in [9.17, 15) is 9.59 Å². The highest BCUT2D eigenvalue weighted by Crippen LogP contribution is 2.25. The molecule has 6 nitrogen and oxygen atoms in total. The first-order valence-corrected chi connectivity index (χ1v) is 7.86. The highest BCUT2D eigenvalue weighted by molar-refractivity contribution is 5.89. The van der Waals surface area contributed by atoms with E-state index in [-0.39, 0.29) is 18.6 Å². The lowest BCUT2D eigenvalue weighted by molar-refractivity contribution is -0.144. The Hall–Kier alpha value is -2.50. The third-order valence-corrected chi connectivity index (χ3v) is 3.31. The molecule has 0 heterocycles. The Morgan fingerprint density at radius 3 is 2.62 bits per heavy atom. The molecule has 1 amide bonds. The molecule has 0 saturated heterocycles. The van der Waals surface area contributed by atoms with E-state index in [1.165, 1.54) is 6.08 Å². The van der Waals surface area contributed by atoms with Gasteiger partial charge in [0.1, 0.15) is 11.5 Å². The molecule has 1 N–H and O–H groups in total. The van der Waals surface area contributed by atoms with E-state index in [2.05, 4.69) is 5.32 Å². The summed E-state index contributed by atoms with van der Waals surface area (Å²) in [5.41, 5.74) is 0.676. The summed E-state index contributed by atoms with van der Waals surface area (Å²) in [6.45, 7) is 3.66. The molecular weight excluding hydrogens is 310 g/mol. The first kappa shape index (κ1) is 19.5. The number of esters is 1.